The van der Waals surface area contributed by atoms with Crippen molar-refractivity contribution < 1.29 is 28.7 Å². The molecule has 0 heterocycles. The number of hydrogen-bond donors (Lipinski definition) is 2. The van der Waals surface area contributed by atoms with E-state index >= 15 is 0 Å². The van der Waals surface area contributed by atoms with Gasteiger partial charge in [-0.2, -0.15) is 0 Å². The van der Waals surface area contributed by atoms with Crippen molar-refractivity contribution in [3.05, 3.63) is 34.9 Å². The number of benzene rings is 1. The van der Waals surface area contributed by atoms with Gasteiger partial charge in [-0.05, 0) is 71.6 Å². The van der Waals surface area contributed by atoms with Gasteiger partial charge in [0.05, 0.1) is 13.0 Å². The molecule has 0 spiro atoms. The average molecular weight is 562 g/mol. The predicted molar refractivity (Wildman–Crippen MR) is 157 cm³/mol. The number of nitrogens with one attached hydrogen (secondary N) is 2. The van der Waals surface area contributed by atoms with Crippen molar-refractivity contribution in [1.82, 2.24) is 15.5 Å². The van der Waals surface area contributed by atoms with Crippen LogP contribution in [0.4, 0.5) is 4.79 Å². The van der Waals surface area contributed by atoms with Gasteiger partial charge < -0.3 is 25.0 Å². The van der Waals surface area contributed by atoms with Gasteiger partial charge in [0.2, 0.25) is 11.8 Å². The minimum Gasteiger partial charge on any atom is -0.466 e. The van der Waals surface area contributed by atoms with Crippen molar-refractivity contribution in [2.24, 2.45) is 0 Å². The van der Waals surface area contributed by atoms with Crippen molar-refractivity contribution >= 4 is 23.9 Å². The highest BCUT2D eigenvalue weighted by Gasteiger charge is 2.36. The van der Waals surface area contributed by atoms with Crippen molar-refractivity contribution in [3.63, 3.8) is 0 Å². The maximum absolute atomic E-state index is 13.9. The summed E-state index contributed by atoms with van der Waals surface area (Å²) in [6.07, 6.45) is 5.42. The number of amides is 3. The number of hydrogen-bond acceptors (Lipinski definition) is 6. The lowest BCUT2D eigenvalue weighted by Gasteiger charge is -2.35. The molecule has 1 aromatic carbocycles. The van der Waals surface area contributed by atoms with Crippen LogP contribution >= 0.6 is 0 Å². The highest BCUT2D eigenvalue weighted by Crippen LogP contribution is 2.29. The van der Waals surface area contributed by atoms with Gasteiger partial charge >= 0.3 is 12.1 Å². The largest absolute Gasteiger partial charge is 0.466 e. The predicted octanol–water partition coefficient (Wildman–Crippen LogP) is 5.52. The zero-order valence-corrected chi connectivity index (χ0v) is 25.9. The van der Waals surface area contributed by atoms with Crippen LogP contribution < -0.4 is 10.6 Å². The Kier molecular flexibility index (Phi) is 15.3. The zero-order chi connectivity index (χ0) is 30.3. The Morgan fingerprint density at radius 1 is 0.950 bits per heavy atom. The van der Waals surface area contributed by atoms with E-state index in [1.54, 1.807) is 39.5 Å². The van der Waals surface area contributed by atoms with Crippen LogP contribution in [0.25, 0.3) is 0 Å². The molecule has 0 bridgehead atoms. The fourth-order valence-electron chi connectivity index (χ4n) is 4.53. The second-order valence-electron chi connectivity index (χ2n) is 11.2. The molecule has 9 nitrogen and oxygen atoms in total. The Bertz CT molecular complexity index is 952. The Morgan fingerprint density at radius 2 is 1.55 bits per heavy atom. The van der Waals surface area contributed by atoms with Crippen LogP contribution in [0.3, 0.4) is 0 Å². The van der Waals surface area contributed by atoms with Crippen LogP contribution in [-0.4, -0.2) is 60.1 Å². The standard InChI is InChI=1S/C31H51N3O6/c1-9-11-12-13-14-15-21-34(29(37)24(5)33-30(38)40-31(6,7)8)27(26-22(3)17-16-18-23(26)4)28(36)32-20-19-25(35)39-10-2/h16-18,24,27H,9-15,19-21H2,1-8H3,(H,32,36)(H,33,38). The van der Waals surface area contributed by atoms with Gasteiger partial charge in [-0.25, -0.2) is 4.79 Å². The number of carbonyl (C=O) groups is 4. The SMILES string of the molecule is CCCCCCCCN(C(=O)C(C)NC(=O)OC(C)(C)C)C(C(=O)NCCC(=O)OCC)c1c(C)cccc1C. The number of esters is 1. The minimum atomic E-state index is -0.936. The van der Waals surface area contributed by atoms with Crippen LogP contribution in [0.5, 0.6) is 0 Å². The van der Waals surface area contributed by atoms with Gasteiger partial charge in [-0.1, -0.05) is 57.2 Å². The number of unbranched alkanes of at least 4 members (excludes halogenated alkanes) is 5. The first-order valence-corrected chi connectivity index (χ1v) is 14.6. The molecule has 0 radical (unpaired) electrons. The van der Waals surface area contributed by atoms with E-state index in [-0.39, 0.29) is 31.4 Å². The Hall–Kier alpha value is -3.10. The molecule has 3 amide bonds. The van der Waals surface area contributed by atoms with E-state index in [4.69, 9.17) is 9.47 Å². The molecule has 1 rings (SSSR count). The maximum Gasteiger partial charge on any atom is 0.408 e. The van der Waals surface area contributed by atoms with Gasteiger partial charge in [0, 0.05) is 13.1 Å². The van der Waals surface area contributed by atoms with Gasteiger partial charge in [0.15, 0.2) is 0 Å². The summed E-state index contributed by atoms with van der Waals surface area (Å²) >= 11 is 0. The van der Waals surface area contributed by atoms with E-state index in [1.807, 2.05) is 32.0 Å². The second kappa shape index (κ2) is 17.6. The molecule has 2 atom stereocenters. The lowest BCUT2D eigenvalue weighted by atomic mass is 9.93. The number of ether oxygens (including phenoxy) is 2. The Labute approximate surface area is 240 Å². The summed E-state index contributed by atoms with van der Waals surface area (Å²) in [6, 6.07) is 3.88. The molecule has 0 aliphatic rings. The number of rotatable bonds is 16. The molecular formula is C31H51N3O6. The Balaban J connectivity index is 3.34. The highest BCUT2D eigenvalue weighted by molar-refractivity contribution is 5.92. The topological polar surface area (TPSA) is 114 Å². The van der Waals surface area contributed by atoms with Crippen molar-refractivity contribution in [1.29, 1.82) is 0 Å². The smallest absolute Gasteiger partial charge is 0.408 e. The summed E-state index contributed by atoms with van der Waals surface area (Å²) in [4.78, 5) is 53.6. The third kappa shape index (κ3) is 12.4. The van der Waals surface area contributed by atoms with E-state index in [0.717, 1.165) is 48.8 Å². The molecule has 0 fully saturated rings. The van der Waals surface area contributed by atoms with Crippen LogP contribution in [0.2, 0.25) is 0 Å². The molecule has 0 saturated carbocycles. The number of nitrogens with zero attached hydrogens (tertiary/aromatic N) is 1. The van der Waals surface area contributed by atoms with Crippen LogP contribution in [0.1, 0.15) is 109 Å². The average Bonchev–Trinajstić information content (AvgIpc) is 2.85. The number of aryl methyl sites for hydroxylation is 2. The quantitative estimate of drug-likeness (QED) is 0.203. The molecular weight excluding hydrogens is 510 g/mol. The van der Waals surface area contributed by atoms with E-state index < -0.39 is 29.7 Å². The molecule has 2 unspecified atom stereocenters. The number of carbonyl (C=O) groups excluding carboxylic acids is 4. The summed E-state index contributed by atoms with van der Waals surface area (Å²) in [6.45, 7) is 15.3. The van der Waals surface area contributed by atoms with Crippen LogP contribution in [0, 0.1) is 13.8 Å². The molecule has 2 N–H and O–H groups in total. The van der Waals surface area contributed by atoms with E-state index in [9.17, 15) is 19.2 Å². The molecule has 40 heavy (non-hydrogen) atoms. The van der Waals surface area contributed by atoms with Crippen LogP contribution in [0.15, 0.2) is 18.2 Å². The summed E-state index contributed by atoms with van der Waals surface area (Å²) in [5, 5.41) is 5.48. The van der Waals surface area contributed by atoms with E-state index in [0.29, 0.717) is 13.0 Å². The lowest BCUT2D eigenvalue weighted by molar-refractivity contribution is -0.144. The molecule has 9 heteroatoms. The highest BCUT2D eigenvalue weighted by atomic mass is 16.6. The van der Waals surface area contributed by atoms with Gasteiger partial charge in [0.25, 0.3) is 0 Å². The maximum atomic E-state index is 13.9. The van der Waals surface area contributed by atoms with Gasteiger partial charge in [0.1, 0.15) is 17.7 Å². The van der Waals surface area contributed by atoms with Crippen molar-refractivity contribution in [2.45, 2.75) is 118 Å². The summed E-state index contributed by atoms with van der Waals surface area (Å²) in [5.41, 5.74) is 1.77. The summed E-state index contributed by atoms with van der Waals surface area (Å²) in [5.74, 6) is -1.17. The fourth-order valence-corrected chi connectivity index (χ4v) is 4.53. The molecule has 0 aromatic heterocycles. The van der Waals surface area contributed by atoms with Crippen LogP contribution in [-0.2, 0) is 23.9 Å². The third-order valence-corrected chi connectivity index (χ3v) is 6.45. The second-order valence-corrected chi connectivity index (χ2v) is 11.2. The molecule has 226 valence electrons. The minimum absolute atomic E-state index is 0.0288. The summed E-state index contributed by atoms with van der Waals surface area (Å²) in [7, 11) is 0. The molecule has 0 saturated heterocycles. The molecule has 0 aliphatic heterocycles. The van der Waals surface area contributed by atoms with Gasteiger partial charge in [-0.3, -0.25) is 14.4 Å². The Morgan fingerprint density at radius 3 is 2.12 bits per heavy atom. The van der Waals surface area contributed by atoms with E-state index in [1.165, 1.54) is 0 Å². The van der Waals surface area contributed by atoms with E-state index in [2.05, 4.69) is 17.6 Å². The molecule has 1 aromatic rings. The van der Waals surface area contributed by atoms with Crippen molar-refractivity contribution in [3.8, 4) is 0 Å². The van der Waals surface area contributed by atoms with Gasteiger partial charge in [-0.15, -0.1) is 0 Å². The number of alkyl carbamates (subject to hydrolysis) is 1. The monoisotopic (exact) mass is 561 g/mol. The first kappa shape index (κ1) is 34.9. The zero-order valence-electron chi connectivity index (χ0n) is 25.9. The lowest BCUT2D eigenvalue weighted by Crippen LogP contribution is -2.52. The third-order valence-electron chi connectivity index (χ3n) is 6.45. The normalized spacial score (nSPS) is 12.7. The molecule has 0 aliphatic carbocycles. The first-order valence-electron chi connectivity index (χ1n) is 14.6. The fraction of sp³-hybridized carbons (Fsp3) is 0.677. The van der Waals surface area contributed by atoms with Crippen molar-refractivity contribution in [2.75, 3.05) is 19.7 Å². The summed E-state index contributed by atoms with van der Waals surface area (Å²) < 4.78 is 10.3. The first-order chi connectivity index (χ1) is 18.8.